The number of hydrogen-bond acceptors (Lipinski definition) is 3. The topological polar surface area (TPSA) is 43.6 Å². The van der Waals surface area contributed by atoms with Crippen molar-refractivity contribution in [1.29, 1.82) is 0 Å². The number of imidazole rings is 1. The highest BCUT2D eigenvalue weighted by atomic mass is 15.2. The van der Waals surface area contributed by atoms with Gasteiger partial charge in [0.2, 0.25) is 5.95 Å². The molecule has 14 heavy (non-hydrogen) atoms. The number of hydrogen-bond donors (Lipinski definition) is 0. The van der Waals surface area contributed by atoms with Crippen LogP contribution in [0.25, 0.3) is 12.0 Å². The summed E-state index contributed by atoms with van der Waals surface area (Å²) in [7, 11) is 0. The minimum absolute atomic E-state index is 0.615. The third kappa shape index (κ3) is 1.69. The van der Waals surface area contributed by atoms with Gasteiger partial charge in [-0.1, -0.05) is 6.08 Å². The molecule has 0 unspecified atom stereocenters. The van der Waals surface area contributed by atoms with E-state index in [1.807, 2.05) is 12.3 Å². The maximum absolute atomic E-state index is 4.14. The summed E-state index contributed by atoms with van der Waals surface area (Å²) in [5, 5.41) is 0. The first kappa shape index (κ1) is 8.62. The van der Waals surface area contributed by atoms with Gasteiger partial charge in [0.15, 0.2) is 0 Å². The Hall–Kier alpha value is -1.97. The van der Waals surface area contributed by atoms with E-state index >= 15 is 0 Å². The van der Waals surface area contributed by atoms with E-state index < -0.39 is 0 Å². The summed E-state index contributed by atoms with van der Waals surface area (Å²) in [6.45, 7) is 3.60. The van der Waals surface area contributed by atoms with Crippen molar-refractivity contribution in [3.8, 4) is 5.95 Å². The van der Waals surface area contributed by atoms with Gasteiger partial charge in [-0.05, 0) is 19.1 Å². The van der Waals surface area contributed by atoms with Crippen molar-refractivity contribution in [3.05, 3.63) is 49.7 Å². The van der Waals surface area contributed by atoms with Gasteiger partial charge in [0.05, 0.1) is 5.69 Å². The van der Waals surface area contributed by atoms with Crippen molar-refractivity contribution in [2.24, 2.45) is 0 Å². The predicted molar refractivity (Wildman–Crippen MR) is 53.5 cm³/mol. The van der Waals surface area contributed by atoms with Crippen molar-refractivity contribution in [3.63, 3.8) is 0 Å². The maximum atomic E-state index is 4.14. The molecular formula is C10H9N4. The van der Waals surface area contributed by atoms with E-state index in [9.17, 15) is 0 Å². The minimum atomic E-state index is 0.615. The molecule has 2 heterocycles. The van der Waals surface area contributed by atoms with Crippen molar-refractivity contribution in [1.82, 2.24) is 19.5 Å². The van der Waals surface area contributed by atoms with Crippen molar-refractivity contribution < 1.29 is 0 Å². The standard InChI is InChI=1S/C10H9N4/c1-2-4-9-7-14(8-13-9)10-11-5-3-6-12-10/h2-8H,1H2. The van der Waals surface area contributed by atoms with Crippen LogP contribution in [0.15, 0.2) is 37.1 Å². The van der Waals surface area contributed by atoms with Crippen LogP contribution < -0.4 is 0 Å². The van der Waals surface area contributed by atoms with Crippen LogP contribution in [0.1, 0.15) is 5.69 Å². The lowest BCUT2D eigenvalue weighted by molar-refractivity contribution is 0.925. The predicted octanol–water partition coefficient (Wildman–Crippen LogP) is 1.51. The summed E-state index contributed by atoms with van der Waals surface area (Å²) in [5.41, 5.74) is 0.840. The van der Waals surface area contributed by atoms with Crippen LogP contribution in [0.5, 0.6) is 0 Å². The Labute approximate surface area is 82.0 Å². The van der Waals surface area contributed by atoms with E-state index in [1.165, 1.54) is 0 Å². The minimum Gasteiger partial charge on any atom is -0.274 e. The molecule has 0 spiro atoms. The molecule has 4 heteroatoms. The summed E-state index contributed by atoms with van der Waals surface area (Å²) >= 11 is 0. The maximum Gasteiger partial charge on any atom is 0.234 e. The average Bonchev–Trinajstić information content (AvgIpc) is 2.68. The number of nitrogens with zero attached hydrogens (tertiary/aromatic N) is 4. The molecular weight excluding hydrogens is 176 g/mol. The van der Waals surface area contributed by atoms with Crippen molar-refractivity contribution in [2.45, 2.75) is 0 Å². The fourth-order valence-electron chi connectivity index (χ4n) is 1.08. The molecule has 1 radical (unpaired) electrons. The Morgan fingerprint density at radius 1 is 1.21 bits per heavy atom. The van der Waals surface area contributed by atoms with E-state index in [2.05, 4.69) is 21.9 Å². The smallest absolute Gasteiger partial charge is 0.234 e. The lowest BCUT2D eigenvalue weighted by Gasteiger charge is -1.95. The SMILES string of the molecule is [CH2]C=Cc1cn(-c2ncccn2)cn1. The first-order valence-electron chi connectivity index (χ1n) is 4.17. The van der Waals surface area contributed by atoms with Crippen LogP contribution in [0.4, 0.5) is 0 Å². The fraction of sp³-hybridized carbons (Fsp3) is 0. The van der Waals surface area contributed by atoms with Gasteiger partial charge in [-0.3, -0.25) is 4.57 Å². The lowest BCUT2D eigenvalue weighted by Crippen LogP contribution is -1.96. The number of allylic oxidation sites excluding steroid dienone is 1. The van der Waals surface area contributed by atoms with Gasteiger partial charge in [0.25, 0.3) is 0 Å². The second kappa shape index (κ2) is 3.83. The van der Waals surface area contributed by atoms with Crippen LogP contribution >= 0.6 is 0 Å². The largest absolute Gasteiger partial charge is 0.274 e. The van der Waals surface area contributed by atoms with Crippen LogP contribution in [0.3, 0.4) is 0 Å². The van der Waals surface area contributed by atoms with Crippen LogP contribution in [-0.4, -0.2) is 19.5 Å². The normalized spacial score (nSPS) is 10.9. The van der Waals surface area contributed by atoms with E-state index in [-0.39, 0.29) is 0 Å². The molecule has 69 valence electrons. The Morgan fingerprint density at radius 3 is 2.71 bits per heavy atom. The molecule has 0 saturated carbocycles. The Kier molecular flexibility index (Phi) is 2.36. The first-order valence-corrected chi connectivity index (χ1v) is 4.17. The number of aromatic nitrogens is 4. The zero-order valence-corrected chi connectivity index (χ0v) is 7.54. The highest BCUT2D eigenvalue weighted by Crippen LogP contribution is 2.03. The van der Waals surface area contributed by atoms with Gasteiger partial charge in [-0.15, -0.1) is 0 Å². The Balaban J connectivity index is 2.34. The molecule has 2 aromatic rings. The zero-order valence-electron chi connectivity index (χ0n) is 7.54. The van der Waals surface area contributed by atoms with Crippen molar-refractivity contribution >= 4 is 6.08 Å². The monoisotopic (exact) mass is 185 g/mol. The summed E-state index contributed by atoms with van der Waals surface area (Å²) in [6.07, 6.45) is 10.4. The van der Waals surface area contributed by atoms with Gasteiger partial charge in [-0.25, -0.2) is 15.0 Å². The number of rotatable bonds is 2. The molecule has 0 aromatic carbocycles. The first-order chi connectivity index (χ1) is 6.90. The molecule has 2 aromatic heterocycles. The second-order valence-corrected chi connectivity index (χ2v) is 2.66. The summed E-state index contributed by atoms with van der Waals surface area (Å²) in [4.78, 5) is 12.3. The van der Waals surface area contributed by atoms with E-state index in [0.717, 1.165) is 5.69 Å². The Morgan fingerprint density at radius 2 is 2.00 bits per heavy atom. The molecule has 0 aliphatic rings. The summed E-state index contributed by atoms with van der Waals surface area (Å²) < 4.78 is 1.76. The average molecular weight is 185 g/mol. The van der Waals surface area contributed by atoms with Gasteiger partial charge >= 0.3 is 0 Å². The molecule has 0 bridgehead atoms. The highest BCUT2D eigenvalue weighted by Gasteiger charge is 1.98. The fourth-order valence-corrected chi connectivity index (χ4v) is 1.08. The van der Waals surface area contributed by atoms with Crippen LogP contribution in [0.2, 0.25) is 0 Å². The molecule has 0 fully saturated rings. The molecule has 2 rings (SSSR count). The Bertz CT molecular complexity index is 430. The summed E-state index contributed by atoms with van der Waals surface area (Å²) in [6, 6.07) is 1.78. The van der Waals surface area contributed by atoms with Gasteiger partial charge in [0.1, 0.15) is 6.33 Å². The van der Waals surface area contributed by atoms with Gasteiger partial charge < -0.3 is 0 Å². The van der Waals surface area contributed by atoms with E-state index in [4.69, 9.17) is 0 Å². The quantitative estimate of drug-likeness (QED) is 0.712. The van der Waals surface area contributed by atoms with Crippen LogP contribution in [-0.2, 0) is 0 Å². The van der Waals surface area contributed by atoms with Gasteiger partial charge in [-0.2, -0.15) is 0 Å². The highest BCUT2D eigenvalue weighted by molar-refractivity contribution is 5.44. The third-order valence-corrected chi connectivity index (χ3v) is 1.67. The lowest BCUT2D eigenvalue weighted by atomic mass is 10.4. The van der Waals surface area contributed by atoms with Crippen LogP contribution in [0, 0.1) is 6.92 Å². The third-order valence-electron chi connectivity index (χ3n) is 1.67. The molecule has 4 nitrogen and oxygen atoms in total. The molecule has 0 saturated heterocycles. The molecule has 0 atom stereocenters. The second-order valence-electron chi connectivity index (χ2n) is 2.66. The molecule has 0 amide bonds. The summed E-state index contributed by atoms with van der Waals surface area (Å²) in [5.74, 6) is 0.615. The van der Waals surface area contributed by atoms with E-state index in [0.29, 0.717) is 5.95 Å². The van der Waals surface area contributed by atoms with Gasteiger partial charge in [0, 0.05) is 18.6 Å². The molecule has 0 N–H and O–H groups in total. The molecule has 0 aliphatic carbocycles. The molecule has 0 aliphatic heterocycles. The van der Waals surface area contributed by atoms with E-state index in [1.54, 1.807) is 35.4 Å². The zero-order chi connectivity index (χ0) is 9.80. The van der Waals surface area contributed by atoms with Crippen molar-refractivity contribution in [2.75, 3.05) is 0 Å².